The lowest BCUT2D eigenvalue weighted by molar-refractivity contribution is 0.532. The number of imidazole rings is 1. The zero-order chi connectivity index (χ0) is 14.8. The van der Waals surface area contributed by atoms with Crippen molar-refractivity contribution >= 4 is 34.0 Å². The summed E-state index contributed by atoms with van der Waals surface area (Å²) in [5.41, 5.74) is 2.03. The molecule has 0 aliphatic rings. The van der Waals surface area contributed by atoms with E-state index >= 15 is 0 Å². The van der Waals surface area contributed by atoms with Crippen LogP contribution in [0.25, 0.3) is 11.0 Å². The van der Waals surface area contributed by atoms with E-state index in [1.54, 1.807) is 11.3 Å². The van der Waals surface area contributed by atoms with Crippen LogP contribution in [0.1, 0.15) is 48.8 Å². The van der Waals surface area contributed by atoms with Gasteiger partial charge < -0.3 is 4.57 Å². The van der Waals surface area contributed by atoms with Crippen LogP contribution in [0.2, 0.25) is 0 Å². The minimum Gasteiger partial charge on any atom is -0.318 e. The first-order valence-electron chi connectivity index (χ1n) is 7.21. The third kappa shape index (κ3) is 2.70. The van der Waals surface area contributed by atoms with Gasteiger partial charge in [-0.15, -0.1) is 22.9 Å². The largest absolute Gasteiger partial charge is 0.318 e. The third-order valence-electron chi connectivity index (χ3n) is 3.62. The molecule has 0 bridgehead atoms. The Kier molecular flexibility index (Phi) is 4.27. The lowest BCUT2D eigenvalue weighted by Gasteiger charge is -2.21. The maximum atomic E-state index is 6.39. The molecule has 3 heterocycles. The highest BCUT2D eigenvalue weighted by Gasteiger charge is 2.23. The molecule has 0 spiro atoms. The first-order chi connectivity index (χ1) is 10.2. The summed E-state index contributed by atoms with van der Waals surface area (Å²) in [6, 6.07) is 6.62. The Morgan fingerprint density at radius 2 is 2.24 bits per heavy atom. The fourth-order valence-corrected chi connectivity index (χ4v) is 3.74. The average molecular weight is 320 g/mol. The van der Waals surface area contributed by atoms with Gasteiger partial charge in [0, 0.05) is 11.1 Å². The molecule has 3 rings (SSSR count). The summed E-state index contributed by atoms with van der Waals surface area (Å²) in [5, 5.41) is 2.00. The summed E-state index contributed by atoms with van der Waals surface area (Å²) in [7, 11) is 0. The van der Waals surface area contributed by atoms with Crippen molar-refractivity contribution in [3.8, 4) is 0 Å². The topological polar surface area (TPSA) is 30.7 Å². The van der Waals surface area contributed by atoms with Gasteiger partial charge in [0.1, 0.15) is 11.3 Å². The van der Waals surface area contributed by atoms with Gasteiger partial charge in [-0.05, 0) is 30.9 Å². The van der Waals surface area contributed by atoms with E-state index < -0.39 is 0 Å². The smallest absolute Gasteiger partial charge is 0.128 e. The van der Waals surface area contributed by atoms with Crippen molar-refractivity contribution in [3.63, 3.8) is 0 Å². The molecule has 3 aromatic heterocycles. The van der Waals surface area contributed by atoms with Crippen molar-refractivity contribution in [2.75, 3.05) is 0 Å². The SMILES string of the molecule is CCCC(c1cccs1)n1c(C(C)Cl)nc2cnccc21. The highest BCUT2D eigenvalue weighted by molar-refractivity contribution is 7.10. The number of nitrogens with zero attached hydrogens (tertiary/aromatic N) is 3. The minimum atomic E-state index is -0.128. The number of rotatable bonds is 5. The number of hydrogen-bond donors (Lipinski definition) is 0. The zero-order valence-electron chi connectivity index (χ0n) is 12.2. The molecule has 0 aliphatic carbocycles. The van der Waals surface area contributed by atoms with Crippen LogP contribution in [0.15, 0.2) is 36.0 Å². The lowest BCUT2D eigenvalue weighted by Crippen LogP contribution is -2.13. The molecule has 3 aromatic rings. The maximum Gasteiger partial charge on any atom is 0.128 e. The lowest BCUT2D eigenvalue weighted by atomic mass is 10.1. The summed E-state index contributed by atoms with van der Waals surface area (Å²) in [6.07, 6.45) is 5.82. The molecule has 5 heteroatoms. The van der Waals surface area contributed by atoms with Crippen LogP contribution in [-0.4, -0.2) is 14.5 Å². The van der Waals surface area contributed by atoms with Gasteiger partial charge in [-0.1, -0.05) is 19.4 Å². The number of thiophene rings is 1. The van der Waals surface area contributed by atoms with Crippen LogP contribution in [0.5, 0.6) is 0 Å². The van der Waals surface area contributed by atoms with Crippen LogP contribution in [0.4, 0.5) is 0 Å². The van der Waals surface area contributed by atoms with Crippen molar-refractivity contribution < 1.29 is 0 Å². The molecule has 0 aromatic carbocycles. The van der Waals surface area contributed by atoms with Gasteiger partial charge in [0.05, 0.1) is 23.1 Å². The van der Waals surface area contributed by atoms with E-state index in [2.05, 4.69) is 34.0 Å². The molecule has 0 fully saturated rings. The van der Waals surface area contributed by atoms with Gasteiger partial charge >= 0.3 is 0 Å². The minimum absolute atomic E-state index is 0.128. The second-order valence-electron chi connectivity index (χ2n) is 5.14. The van der Waals surface area contributed by atoms with E-state index in [9.17, 15) is 0 Å². The van der Waals surface area contributed by atoms with Crippen molar-refractivity contribution in [3.05, 3.63) is 46.7 Å². The molecule has 3 nitrogen and oxygen atoms in total. The molecule has 110 valence electrons. The van der Waals surface area contributed by atoms with E-state index in [1.807, 2.05) is 25.4 Å². The van der Waals surface area contributed by atoms with Crippen LogP contribution >= 0.6 is 22.9 Å². The molecule has 0 N–H and O–H groups in total. The molecule has 0 aliphatic heterocycles. The number of hydrogen-bond acceptors (Lipinski definition) is 3. The summed E-state index contributed by atoms with van der Waals surface area (Å²) in [6.45, 7) is 4.19. The average Bonchev–Trinajstić information content (AvgIpc) is 3.12. The van der Waals surface area contributed by atoms with Gasteiger partial charge in [-0.25, -0.2) is 4.98 Å². The first kappa shape index (κ1) is 14.5. The molecule has 2 atom stereocenters. The Labute approximate surface area is 133 Å². The van der Waals surface area contributed by atoms with Crippen LogP contribution in [0.3, 0.4) is 0 Å². The van der Waals surface area contributed by atoms with Crippen molar-refractivity contribution in [2.24, 2.45) is 0 Å². The third-order valence-corrected chi connectivity index (χ3v) is 4.79. The molecule has 21 heavy (non-hydrogen) atoms. The van der Waals surface area contributed by atoms with E-state index in [4.69, 9.17) is 16.6 Å². The number of halogens is 1. The Bertz CT molecular complexity index is 718. The molecule has 2 unspecified atom stereocenters. The highest BCUT2D eigenvalue weighted by atomic mass is 35.5. The quantitative estimate of drug-likeness (QED) is 0.606. The summed E-state index contributed by atoms with van der Waals surface area (Å²) < 4.78 is 2.30. The molecule has 0 saturated heterocycles. The molecule has 0 amide bonds. The van der Waals surface area contributed by atoms with Gasteiger partial charge in [-0.2, -0.15) is 0 Å². The predicted molar refractivity (Wildman–Crippen MR) is 89.2 cm³/mol. The zero-order valence-corrected chi connectivity index (χ0v) is 13.7. The highest BCUT2D eigenvalue weighted by Crippen LogP contribution is 2.35. The number of aromatic nitrogens is 3. The normalized spacial score (nSPS) is 14.4. The fourth-order valence-electron chi connectivity index (χ4n) is 2.73. The monoisotopic (exact) mass is 319 g/mol. The van der Waals surface area contributed by atoms with Crippen LogP contribution in [-0.2, 0) is 0 Å². The Balaban J connectivity index is 2.22. The van der Waals surface area contributed by atoms with E-state index in [0.29, 0.717) is 6.04 Å². The van der Waals surface area contributed by atoms with Gasteiger partial charge in [0.15, 0.2) is 0 Å². The standard InChI is InChI=1S/C16H18ClN3S/c1-3-5-14(15-6-4-9-21-15)20-13-7-8-18-10-12(13)19-16(20)11(2)17/h4,6-11,14H,3,5H2,1-2H3. The number of pyridine rings is 1. The van der Waals surface area contributed by atoms with Crippen LogP contribution in [0, 0.1) is 0 Å². The Morgan fingerprint density at radius 3 is 2.90 bits per heavy atom. The summed E-state index contributed by atoms with van der Waals surface area (Å²) >= 11 is 8.18. The van der Waals surface area contributed by atoms with Gasteiger partial charge in [0.2, 0.25) is 0 Å². The van der Waals surface area contributed by atoms with Gasteiger partial charge in [-0.3, -0.25) is 4.98 Å². The van der Waals surface area contributed by atoms with E-state index in [1.165, 1.54) is 4.88 Å². The second-order valence-corrected chi connectivity index (χ2v) is 6.77. The van der Waals surface area contributed by atoms with Crippen molar-refractivity contribution in [1.29, 1.82) is 0 Å². The molecule has 0 saturated carbocycles. The van der Waals surface area contributed by atoms with E-state index in [0.717, 1.165) is 29.7 Å². The van der Waals surface area contributed by atoms with Crippen molar-refractivity contribution in [2.45, 2.75) is 38.1 Å². The molecule has 0 radical (unpaired) electrons. The summed E-state index contributed by atoms with van der Waals surface area (Å²) in [5.74, 6) is 0.923. The van der Waals surface area contributed by atoms with Gasteiger partial charge in [0.25, 0.3) is 0 Å². The molecular weight excluding hydrogens is 302 g/mol. The fraction of sp³-hybridized carbons (Fsp3) is 0.375. The van der Waals surface area contributed by atoms with Crippen molar-refractivity contribution in [1.82, 2.24) is 14.5 Å². The Morgan fingerprint density at radius 1 is 1.38 bits per heavy atom. The maximum absolute atomic E-state index is 6.39. The first-order valence-corrected chi connectivity index (χ1v) is 8.53. The molecular formula is C16H18ClN3S. The summed E-state index contributed by atoms with van der Waals surface area (Å²) in [4.78, 5) is 10.2. The Hall–Kier alpha value is -1.39. The predicted octanol–water partition coefficient (Wildman–Crippen LogP) is 5.18. The van der Waals surface area contributed by atoms with E-state index in [-0.39, 0.29) is 5.38 Å². The number of alkyl halides is 1. The number of fused-ring (bicyclic) bond motifs is 1. The van der Waals surface area contributed by atoms with Crippen LogP contribution < -0.4 is 0 Å². The second kappa shape index (κ2) is 6.16.